The Labute approximate surface area is 126 Å². The van der Waals surface area contributed by atoms with Gasteiger partial charge in [0, 0.05) is 12.6 Å². The first-order chi connectivity index (χ1) is 10.1. The molecule has 1 unspecified atom stereocenters. The number of hydrogen-bond donors (Lipinski definition) is 1. The molecule has 0 fully saturated rings. The lowest BCUT2D eigenvalue weighted by atomic mass is 10.0. The molecule has 0 radical (unpaired) electrons. The second-order valence-electron chi connectivity index (χ2n) is 5.20. The van der Waals surface area contributed by atoms with Gasteiger partial charge in [-0.15, -0.1) is 0 Å². The van der Waals surface area contributed by atoms with E-state index in [0.717, 1.165) is 23.1 Å². The highest BCUT2D eigenvalue weighted by atomic mass is 16.2. The van der Waals surface area contributed by atoms with Crippen molar-refractivity contribution >= 4 is 5.91 Å². The van der Waals surface area contributed by atoms with Crippen molar-refractivity contribution in [2.24, 2.45) is 5.73 Å². The van der Waals surface area contributed by atoms with Crippen LogP contribution in [0.25, 0.3) is 0 Å². The van der Waals surface area contributed by atoms with E-state index >= 15 is 0 Å². The van der Waals surface area contributed by atoms with Gasteiger partial charge >= 0.3 is 0 Å². The number of carbonyl (C=O) groups is 1. The molecule has 0 bridgehead atoms. The SMILES string of the molecule is CC(c1ccccc1)N(C)C(=O)c1ccccc1CCN. The average Bonchev–Trinajstić information content (AvgIpc) is 2.54. The van der Waals surface area contributed by atoms with Crippen LogP contribution in [0.2, 0.25) is 0 Å². The zero-order valence-corrected chi connectivity index (χ0v) is 12.6. The molecule has 0 saturated carbocycles. The normalized spacial score (nSPS) is 12.0. The number of nitrogens with two attached hydrogens (primary N) is 1. The molecule has 0 spiro atoms. The first kappa shape index (κ1) is 15.3. The largest absolute Gasteiger partial charge is 0.335 e. The fraction of sp³-hybridized carbons (Fsp3) is 0.278. The third kappa shape index (κ3) is 3.50. The van der Waals surface area contributed by atoms with Crippen LogP contribution in [0.3, 0.4) is 0 Å². The molecular weight excluding hydrogens is 260 g/mol. The van der Waals surface area contributed by atoms with E-state index in [0.29, 0.717) is 6.54 Å². The van der Waals surface area contributed by atoms with Gasteiger partial charge in [0.1, 0.15) is 0 Å². The molecule has 1 amide bonds. The van der Waals surface area contributed by atoms with Crippen LogP contribution in [0.4, 0.5) is 0 Å². The zero-order valence-electron chi connectivity index (χ0n) is 12.6. The third-order valence-electron chi connectivity index (χ3n) is 3.84. The Morgan fingerprint density at radius 3 is 2.38 bits per heavy atom. The standard InChI is InChI=1S/C18H22N2O/c1-14(15-8-4-3-5-9-15)20(2)18(21)17-11-7-6-10-16(17)12-13-19/h3-11,14H,12-13,19H2,1-2H3. The highest BCUT2D eigenvalue weighted by Crippen LogP contribution is 2.21. The number of benzene rings is 2. The van der Waals surface area contributed by atoms with Gasteiger partial charge in [0.25, 0.3) is 5.91 Å². The highest BCUT2D eigenvalue weighted by molar-refractivity contribution is 5.95. The number of carbonyl (C=O) groups excluding carboxylic acids is 1. The van der Waals surface area contributed by atoms with Crippen LogP contribution in [-0.4, -0.2) is 24.4 Å². The van der Waals surface area contributed by atoms with Crippen molar-refractivity contribution in [3.8, 4) is 0 Å². The summed E-state index contributed by atoms with van der Waals surface area (Å²) in [5.41, 5.74) is 8.52. The summed E-state index contributed by atoms with van der Waals surface area (Å²) in [6.45, 7) is 2.58. The summed E-state index contributed by atoms with van der Waals surface area (Å²) in [6, 6.07) is 17.8. The van der Waals surface area contributed by atoms with Gasteiger partial charge in [-0.05, 0) is 37.1 Å². The lowest BCUT2D eigenvalue weighted by molar-refractivity contribution is 0.0741. The van der Waals surface area contributed by atoms with Crippen molar-refractivity contribution in [3.05, 3.63) is 71.3 Å². The summed E-state index contributed by atoms with van der Waals surface area (Å²) >= 11 is 0. The molecule has 110 valence electrons. The number of hydrogen-bond acceptors (Lipinski definition) is 2. The minimum atomic E-state index is 0.0321. The maximum Gasteiger partial charge on any atom is 0.254 e. The fourth-order valence-corrected chi connectivity index (χ4v) is 2.42. The first-order valence-electron chi connectivity index (χ1n) is 7.25. The van der Waals surface area contributed by atoms with Crippen molar-refractivity contribution in [3.63, 3.8) is 0 Å². The summed E-state index contributed by atoms with van der Waals surface area (Å²) in [5, 5.41) is 0. The van der Waals surface area contributed by atoms with E-state index in [9.17, 15) is 4.79 Å². The molecule has 0 aliphatic rings. The second-order valence-corrected chi connectivity index (χ2v) is 5.20. The van der Waals surface area contributed by atoms with E-state index in [-0.39, 0.29) is 11.9 Å². The monoisotopic (exact) mass is 282 g/mol. The number of nitrogens with zero attached hydrogens (tertiary/aromatic N) is 1. The molecule has 2 aromatic rings. The Bertz CT molecular complexity index is 595. The quantitative estimate of drug-likeness (QED) is 0.916. The molecule has 3 heteroatoms. The van der Waals surface area contributed by atoms with Crippen LogP contribution in [0.15, 0.2) is 54.6 Å². The minimum absolute atomic E-state index is 0.0321. The third-order valence-corrected chi connectivity index (χ3v) is 3.84. The Hall–Kier alpha value is -2.13. The van der Waals surface area contributed by atoms with Gasteiger partial charge in [-0.3, -0.25) is 4.79 Å². The topological polar surface area (TPSA) is 46.3 Å². The van der Waals surface area contributed by atoms with E-state index < -0.39 is 0 Å². The van der Waals surface area contributed by atoms with E-state index in [1.54, 1.807) is 4.90 Å². The maximum atomic E-state index is 12.7. The fourth-order valence-electron chi connectivity index (χ4n) is 2.42. The number of rotatable bonds is 5. The summed E-state index contributed by atoms with van der Waals surface area (Å²) in [7, 11) is 1.85. The van der Waals surface area contributed by atoms with Crippen molar-refractivity contribution < 1.29 is 4.79 Å². The van der Waals surface area contributed by atoms with Crippen LogP contribution < -0.4 is 5.73 Å². The molecule has 0 aliphatic carbocycles. The molecule has 0 aromatic heterocycles. The lowest BCUT2D eigenvalue weighted by Gasteiger charge is -2.26. The molecule has 0 saturated heterocycles. The summed E-state index contributed by atoms with van der Waals surface area (Å²) in [5.74, 6) is 0.0374. The molecule has 2 N–H and O–H groups in total. The summed E-state index contributed by atoms with van der Waals surface area (Å²) < 4.78 is 0. The van der Waals surface area contributed by atoms with E-state index in [1.807, 2.05) is 68.6 Å². The predicted molar refractivity (Wildman–Crippen MR) is 86.2 cm³/mol. The summed E-state index contributed by atoms with van der Waals surface area (Å²) in [4.78, 5) is 14.5. The Balaban J connectivity index is 2.23. The highest BCUT2D eigenvalue weighted by Gasteiger charge is 2.20. The average molecular weight is 282 g/mol. The zero-order chi connectivity index (χ0) is 15.2. The molecule has 2 rings (SSSR count). The Morgan fingerprint density at radius 2 is 1.71 bits per heavy atom. The van der Waals surface area contributed by atoms with Crippen LogP contribution >= 0.6 is 0 Å². The van der Waals surface area contributed by atoms with Crippen molar-refractivity contribution in [1.82, 2.24) is 4.90 Å². The Kier molecular flexibility index (Phi) is 5.12. The van der Waals surface area contributed by atoms with Crippen LogP contribution in [-0.2, 0) is 6.42 Å². The second kappa shape index (κ2) is 7.04. The van der Waals surface area contributed by atoms with Crippen LogP contribution in [0.1, 0.15) is 34.5 Å². The van der Waals surface area contributed by atoms with Crippen molar-refractivity contribution in [2.45, 2.75) is 19.4 Å². The molecule has 3 nitrogen and oxygen atoms in total. The molecule has 1 atom stereocenters. The van der Waals surface area contributed by atoms with Crippen molar-refractivity contribution in [2.75, 3.05) is 13.6 Å². The molecule has 0 heterocycles. The van der Waals surface area contributed by atoms with Crippen LogP contribution in [0, 0.1) is 0 Å². The Morgan fingerprint density at radius 1 is 1.10 bits per heavy atom. The van der Waals surface area contributed by atoms with E-state index in [2.05, 4.69) is 0 Å². The van der Waals surface area contributed by atoms with E-state index in [4.69, 9.17) is 5.73 Å². The predicted octanol–water partition coefficient (Wildman–Crippen LogP) is 3.02. The smallest absolute Gasteiger partial charge is 0.254 e. The maximum absolute atomic E-state index is 12.7. The van der Waals surface area contributed by atoms with Gasteiger partial charge in [0.2, 0.25) is 0 Å². The van der Waals surface area contributed by atoms with Crippen LogP contribution in [0.5, 0.6) is 0 Å². The molecule has 21 heavy (non-hydrogen) atoms. The minimum Gasteiger partial charge on any atom is -0.335 e. The van der Waals surface area contributed by atoms with E-state index in [1.165, 1.54) is 0 Å². The van der Waals surface area contributed by atoms with Gasteiger partial charge < -0.3 is 10.6 Å². The van der Waals surface area contributed by atoms with Gasteiger partial charge in [0.15, 0.2) is 0 Å². The van der Waals surface area contributed by atoms with Gasteiger partial charge in [-0.2, -0.15) is 0 Å². The van der Waals surface area contributed by atoms with Crippen molar-refractivity contribution in [1.29, 1.82) is 0 Å². The summed E-state index contributed by atoms with van der Waals surface area (Å²) in [6.07, 6.45) is 0.718. The molecular formula is C18H22N2O. The van der Waals surface area contributed by atoms with Gasteiger partial charge in [0.05, 0.1) is 6.04 Å². The molecule has 2 aromatic carbocycles. The first-order valence-corrected chi connectivity index (χ1v) is 7.25. The molecule has 0 aliphatic heterocycles. The number of amides is 1. The lowest BCUT2D eigenvalue weighted by Crippen LogP contribution is -2.30. The van der Waals surface area contributed by atoms with Gasteiger partial charge in [-0.25, -0.2) is 0 Å². The van der Waals surface area contributed by atoms with Gasteiger partial charge in [-0.1, -0.05) is 48.5 Å².